The van der Waals surface area contributed by atoms with Gasteiger partial charge in [0.25, 0.3) is 0 Å². The van der Waals surface area contributed by atoms with Crippen LogP contribution in [0.2, 0.25) is 10.3 Å². The Morgan fingerprint density at radius 1 is 1.40 bits per heavy atom. The highest BCUT2D eigenvalue weighted by atomic mass is 35.5. The SMILES string of the molecule is CCOC(c1nc(Cl)cc(Cl)n1)C1CC1. The minimum absolute atomic E-state index is 0.0498. The molecule has 1 aliphatic carbocycles. The van der Waals surface area contributed by atoms with Gasteiger partial charge in [-0.15, -0.1) is 0 Å². The summed E-state index contributed by atoms with van der Waals surface area (Å²) >= 11 is 11.7. The molecule has 1 aromatic heterocycles. The van der Waals surface area contributed by atoms with Crippen LogP contribution in [0.3, 0.4) is 0 Å². The van der Waals surface area contributed by atoms with Gasteiger partial charge in [0.1, 0.15) is 16.4 Å². The van der Waals surface area contributed by atoms with Crippen LogP contribution in [0.1, 0.15) is 31.7 Å². The highest BCUT2D eigenvalue weighted by molar-refractivity contribution is 6.33. The van der Waals surface area contributed by atoms with Crippen molar-refractivity contribution in [3.63, 3.8) is 0 Å². The van der Waals surface area contributed by atoms with Crippen molar-refractivity contribution in [3.8, 4) is 0 Å². The van der Waals surface area contributed by atoms with E-state index in [-0.39, 0.29) is 6.10 Å². The van der Waals surface area contributed by atoms with Crippen molar-refractivity contribution in [2.45, 2.75) is 25.9 Å². The number of hydrogen-bond acceptors (Lipinski definition) is 3. The lowest BCUT2D eigenvalue weighted by atomic mass is 10.2. The zero-order chi connectivity index (χ0) is 10.8. The van der Waals surface area contributed by atoms with E-state index in [9.17, 15) is 0 Å². The number of ether oxygens (including phenoxy) is 1. The molecule has 0 spiro atoms. The molecule has 1 atom stereocenters. The molecular weight excluding hydrogens is 235 g/mol. The maximum atomic E-state index is 5.83. The molecule has 82 valence electrons. The predicted molar refractivity (Wildman–Crippen MR) is 59.1 cm³/mol. The number of halogens is 2. The second-order valence-corrected chi connectivity index (χ2v) is 4.36. The third kappa shape index (κ3) is 2.80. The van der Waals surface area contributed by atoms with Crippen molar-refractivity contribution >= 4 is 23.2 Å². The molecule has 1 fully saturated rings. The highest BCUT2D eigenvalue weighted by Gasteiger charge is 2.35. The third-order valence-corrected chi connectivity index (χ3v) is 2.72. The molecule has 0 bridgehead atoms. The van der Waals surface area contributed by atoms with E-state index in [1.165, 1.54) is 6.07 Å². The molecule has 2 rings (SSSR count). The summed E-state index contributed by atoms with van der Waals surface area (Å²) in [5, 5.41) is 0.741. The Morgan fingerprint density at radius 3 is 2.47 bits per heavy atom. The second kappa shape index (κ2) is 4.64. The van der Waals surface area contributed by atoms with Crippen LogP contribution in [0.4, 0.5) is 0 Å². The number of rotatable bonds is 4. The molecule has 0 radical (unpaired) electrons. The predicted octanol–water partition coefficient (Wildman–Crippen LogP) is 3.27. The topological polar surface area (TPSA) is 35.0 Å². The van der Waals surface area contributed by atoms with Crippen molar-refractivity contribution in [1.82, 2.24) is 9.97 Å². The molecule has 0 amide bonds. The van der Waals surface area contributed by atoms with Crippen LogP contribution in [-0.4, -0.2) is 16.6 Å². The Kier molecular flexibility index (Phi) is 3.44. The Bertz CT molecular complexity index is 335. The van der Waals surface area contributed by atoms with E-state index in [1.54, 1.807) is 0 Å². The summed E-state index contributed by atoms with van der Waals surface area (Å²) in [5.41, 5.74) is 0. The van der Waals surface area contributed by atoms with E-state index in [1.807, 2.05) is 6.92 Å². The van der Waals surface area contributed by atoms with E-state index in [0.29, 0.717) is 28.7 Å². The van der Waals surface area contributed by atoms with Gasteiger partial charge in [0.15, 0.2) is 5.82 Å². The molecule has 1 aromatic rings. The summed E-state index contributed by atoms with van der Waals surface area (Å²) < 4.78 is 5.62. The summed E-state index contributed by atoms with van der Waals surface area (Å²) in [6.07, 6.45) is 2.28. The van der Waals surface area contributed by atoms with Gasteiger partial charge < -0.3 is 4.74 Å². The van der Waals surface area contributed by atoms with Crippen LogP contribution < -0.4 is 0 Å². The number of hydrogen-bond donors (Lipinski definition) is 0. The minimum atomic E-state index is -0.0498. The lowest BCUT2D eigenvalue weighted by Crippen LogP contribution is -2.11. The van der Waals surface area contributed by atoms with Crippen molar-refractivity contribution in [2.75, 3.05) is 6.61 Å². The third-order valence-electron chi connectivity index (χ3n) is 2.33. The molecule has 1 saturated carbocycles. The van der Waals surface area contributed by atoms with Crippen LogP contribution in [0, 0.1) is 5.92 Å². The molecule has 1 heterocycles. The second-order valence-electron chi connectivity index (χ2n) is 3.58. The van der Waals surface area contributed by atoms with Gasteiger partial charge in [-0.3, -0.25) is 0 Å². The average molecular weight is 247 g/mol. The van der Waals surface area contributed by atoms with Crippen molar-refractivity contribution < 1.29 is 4.74 Å². The van der Waals surface area contributed by atoms with Gasteiger partial charge in [-0.25, -0.2) is 9.97 Å². The first-order valence-corrected chi connectivity index (χ1v) is 5.78. The first-order valence-electron chi connectivity index (χ1n) is 5.02. The monoisotopic (exact) mass is 246 g/mol. The first kappa shape index (κ1) is 11.1. The van der Waals surface area contributed by atoms with Crippen molar-refractivity contribution in [3.05, 3.63) is 22.2 Å². The molecule has 0 aliphatic heterocycles. The summed E-state index contributed by atoms with van der Waals surface area (Å²) in [7, 11) is 0. The smallest absolute Gasteiger partial charge is 0.160 e. The molecule has 1 aliphatic rings. The fourth-order valence-electron chi connectivity index (χ4n) is 1.53. The number of nitrogens with zero attached hydrogens (tertiary/aromatic N) is 2. The maximum absolute atomic E-state index is 5.83. The van der Waals surface area contributed by atoms with E-state index < -0.39 is 0 Å². The lowest BCUT2D eigenvalue weighted by molar-refractivity contribution is 0.0400. The molecule has 15 heavy (non-hydrogen) atoms. The highest BCUT2D eigenvalue weighted by Crippen LogP contribution is 2.42. The van der Waals surface area contributed by atoms with Crippen LogP contribution in [-0.2, 0) is 4.74 Å². The van der Waals surface area contributed by atoms with Crippen LogP contribution >= 0.6 is 23.2 Å². The number of aromatic nitrogens is 2. The largest absolute Gasteiger partial charge is 0.370 e. The van der Waals surface area contributed by atoms with Gasteiger partial charge >= 0.3 is 0 Å². The molecular formula is C10H12Cl2N2O. The molecule has 0 aromatic carbocycles. The lowest BCUT2D eigenvalue weighted by Gasteiger charge is -2.14. The van der Waals surface area contributed by atoms with Crippen molar-refractivity contribution in [1.29, 1.82) is 0 Å². The summed E-state index contributed by atoms with van der Waals surface area (Å²) in [4.78, 5) is 8.32. The van der Waals surface area contributed by atoms with Gasteiger partial charge in [0, 0.05) is 12.7 Å². The zero-order valence-electron chi connectivity index (χ0n) is 8.41. The molecule has 5 heteroatoms. The maximum Gasteiger partial charge on any atom is 0.160 e. The van der Waals surface area contributed by atoms with Gasteiger partial charge in [-0.05, 0) is 25.7 Å². The minimum Gasteiger partial charge on any atom is -0.370 e. The van der Waals surface area contributed by atoms with Gasteiger partial charge in [-0.2, -0.15) is 0 Å². The Balaban J connectivity index is 2.24. The molecule has 3 nitrogen and oxygen atoms in total. The molecule has 0 N–H and O–H groups in total. The average Bonchev–Trinajstić information content (AvgIpc) is 2.95. The Hall–Kier alpha value is -0.380. The first-order chi connectivity index (χ1) is 7.20. The van der Waals surface area contributed by atoms with E-state index in [4.69, 9.17) is 27.9 Å². The summed E-state index contributed by atoms with van der Waals surface area (Å²) in [6.45, 7) is 2.61. The van der Waals surface area contributed by atoms with E-state index in [2.05, 4.69) is 9.97 Å². The van der Waals surface area contributed by atoms with E-state index in [0.717, 1.165) is 12.8 Å². The van der Waals surface area contributed by atoms with Gasteiger partial charge in [-0.1, -0.05) is 23.2 Å². The van der Waals surface area contributed by atoms with Gasteiger partial charge in [0.2, 0.25) is 0 Å². The normalized spacial score (nSPS) is 17.8. The summed E-state index contributed by atoms with van der Waals surface area (Å²) in [5.74, 6) is 1.14. The molecule has 0 saturated heterocycles. The van der Waals surface area contributed by atoms with Gasteiger partial charge in [0.05, 0.1) is 0 Å². The van der Waals surface area contributed by atoms with Crippen LogP contribution in [0.25, 0.3) is 0 Å². The van der Waals surface area contributed by atoms with E-state index >= 15 is 0 Å². The Morgan fingerprint density at radius 2 is 2.00 bits per heavy atom. The fourth-order valence-corrected chi connectivity index (χ4v) is 1.97. The van der Waals surface area contributed by atoms with Crippen LogP contribution in [0.5, 0.6) is 0 Å². The Labute approximate surface area is 98.8 Å². The fraction of sp³-hybridized carbons (Fsp3) is 0.600. The van der Waals surface area contributed by atoms with Crippen molar-refractivity contribution in [2.24, 2.45) is 5.92 Å². The summed E-state index contributed by atoms with van der Waals surface area (Å²) in [6, 6.07) is 1.53. The van der Waals surface area contributed by atoms with Crippen LogP contribution in [0.15, 0.2) is 6.07 Å². The molecule has 1 unspecified atom stereocenters. The zero-order valence-corrected chi connectivity index (χ0v) is 9.92. The standard InChI is InChI=1S/C10H12Cl2N2O/c1-2-15-9(6-3-4-6)10-13-7(11)5-8(12)14-10/h5-6,9H,2-4H2,1H3. The quantitative estimate of drug-likeness (QED) is 0.766.